The summed E-state index contributed by atoms with van der Waals surface area (Å²) in [6.45, 7) is 3.68. The molecule has 0 heterocycles. The summed E-state index contributed by atoms with van der Waals surface area (Å²) < 4.78 is 5.89. The molecule has 1 rings (SSSR count). The third kappa shape index (κ3) is 2.69. The second kappa shape index (κ2) is 5.69. The first kappa shape index (κ1) is 12.0. The number of rotatable bonds is 5. The second-order valence-corrected chi connectivity index (χ2v) is 4.34. The van der Waals surface area contributed by atoms with Crippen LogP contribution < -0.4 is 5.73 Å². The van der Waals surface area contributed by atoms with Gasteiger partial charge in [-0.2, -0.15) is 0 Å². The maximum Gasteiger partial charge on any atom is 0.0829 e. The van der Waals surface area contributed by atoms with E-state index in [1.165, 1.54) is 19.3 Å². The average molecular weight is 201 g/mol. The van der Waals surface area contributed by atoms with Crippen molar-refractivity contribution in [3.8, 4) is 0 Å². The van der Waals surface area contributed by atoms with Gasteiger partial charge in [0.1, 0.15) is 0 Å². The zero-order chi connectivity index (χ0) is 10.4. The Hall–Kier alpha value is -0.120. The van der Waals surface area contributed by atoms with Crippen molar-refractivity contribution in [2.45, 2.75) is 44.6 Å². The van der Waals surface area contributed by atoms with Gasteiger partial charge in [0.05, 0.1) is 5.60 Å². The first-order valence-corrected chi connectivity index (χ1v) is 5.70. The van der Waals surface area contributed by atoms with Gasteiger partial charge in [0, 0.05) is 19.8 Å². The Labute approximate surface area is 86.6 Å². The monoisotopic (exact) mass is 201 g/mol. The van der Waals surface area contributed by atoms with Gasteiger partial charge < -0.3 is 15.6 Å². The van der Waals surface area contributed by atoms with Gasteiger partial charge in [-0.3, -0.25) is 0 Å². The minimum absolute atomic E-state index is 0.104. The second-order valence-electron chi connectivity index (χ2n) is 4.34. The predicted octanol–water partition coefficient (Wildman–Crippen LogP) is 1.29. The van der Waals surface area contributed by atoms with E-state index < -0.39 is 0 Å². The number of aliphatic hydroxyl groups excluding tert-OH is 1. The molecule has 1 saturated carbocycles. The van der Waals surface area contributed by atoms with Gasteiger partial charge >= 0.3 is 0 Å². The summed E-state index contributed by atoms with van der Waals surface area (Å²) in [5.74, 6) is 0.556. The van der Waals surface area contributed by atoms with Crippen molar-refractivity contribution in [2.24, 2.45) is 11.7 Å². The van der Waals surface area contributed by atoms with E-state index in [9.17, 15) is 0 Å². The van der Waals surface area contributed by atoms with Crippen molar-refractivity contribution < 1.29 is 9.84 Å². The molecule has 1 aliphatic carbocycles. The molecular weight excluding hydrogens is 178 g/mol. The van der Waals surface area contributed by atoms with Crippen molar-refractivity contribution in [3.05, 3.63) is 0 Å². The van der Waals surface area contributed by atoms with Gasteiger partial charge in [0.25, 0.3) is 0 Å². The summed E-state index contributed by atoms with van der Waals surface area (Å²) >= 11 is 0. The zero-order valence-corrected chi connectivity index (χ0v) is 9.17. The Morgan fingerprint density at radius 1 is 1.50 bits per heavy atom. The van der Waals surface area contributed by atoms with Crippen LogP contribution in [0.5, 0.6) is 0 Å². The van der Waals surface area contributed by atoms with Crippen molar-refractivity contribution in [2.75, 3.05) is 19.8 Å². The smallest absolute Gasteiger partial charge is 0.0829 e. The normalized spacial score (nSPS) is 33.2. The molecule has 0 aliphatic heterocycles. The van der Waals surface area contributed by atoms with Gasteiger partial charge in [-0.1, -0.05) is 19.8 Å². The summed E-state index contributed by atoms with van der Waals surface area (Å²) in [6, 6.07) is 0. The summed E-state index contributed by atoms with van der Waals surface area (Å²) in [5, 5.41) is 8.71. The largest absolute Gasteiger partial charge is 0.396 e. The van der Waals surface area contributed by atoms with E-state index >= 15 is 0 Å². The summed E-state index contributed by atoms with van der Waals surface area (Å²) in [6.07, 6.45) is 5.54. The topological polar surface area (TPSA) is 55.5 Å². The highest BCUT2D eigenvalue weighted by molar-refractivity contribution is 4.90. The molecule has 0 aromatic carbocycles. The van der Waals surface area contributed by atoms with Crippen LogP contribution in [0.15, 0.2) is 0 Å². The molecule has 3 N–H and O–H groups in total. The molecular formula is C11H23NO2. The molecule has 0 bridgehead atoms. The van der Waals surface area contributed by atoms with Gasteiger partial charge in [0.15, 0.2) is 0 Å². The Kier molecular flexibility index (Phi) is 4.85. The first-order valence-electron chi connectivity index (χ1n) is 5.70. The van der Waals surface area contributed by atoms with Crippen LogP contribution in [0.25, 0.3) is 0 Å². The van der Waals surface area contributed by atoms with Gasteiger partial charge in [-0.15, -0.1) is 0 Å². The molecule has 14 heavy (non-hydrogen) atoms. The highest BCUT2D eigenvalue weighted by atomic mass is 16.5. The molecule has 2 unspecified atom stereocenters. The van der Waals surface area contributed by atoms with Crippen LogP contribution in [0.4, 0.5) is 0 Å². The lowest BCUT2D eigenvalue weighted by molar-refractivity contribution is -0.0991. The third-order valence-corrected chi connectivity index (χ3v) is 3.42. The van der Waals surface area contributed by atoms with Crippen molar-refractivity contribution >= 4 is 0 Å². The summed E-state index contributed by atoms with van der Waals surface area (Å²) in [7, 11) is 0. The first-order chi connectivity index (χ1) is 6.75. The van der Waals surface area contributed by atoms with E-state index in [-0.39, 0.29) is 12.2 Å². The fourth-order valence-corrected chi connectivity index (χ4v) is 2.30. The van der Waals surface area contributed by atoms with Gasteiger partial charge in [-0.05, 0) is 25.2 Å². The molecule has 3 nitrogen and oxygen atoms in total. The van der Waals surface area contributed by atoms with Crippen LogP contribution >= 0.6 is 0 Å². The van der Waals surface area contributed by atoms with Crippen molar-refractivity contribution in [3.63, 3.8) is 0 Å². The maximum atomic E-state index is 8.71. The highest BCUT2D eigenvalue weighted by Crippen LogP contribution is 2.35. The number of hydrogen-bond acceptors (Lipinski definition) is 3. The van der Waals surface area contributed by atoms with Crippen LogP contribution in [0.3, 0.4) is 0 Å². The average Bonchev–Trinajstić information content (AvgIpc) is 2.21. The molecule has 0 radical (unpaired) electrons. The highest BCUT2D eigenvalue weighted by Gasteiger charge is 2.37. The Morgan fingerprint density at radius 3 is 2.86 bits per heavy atom. The molecule has 84 valence electrons. The van der Waals surface area contributed by atoms with E-state index in [2.05, 4.69) is 6.92 Å². The Bertz CT molecular complexity index is 163. The van der Waals surface area contributed by atoms with Gasteiger partial charge in [0.2, 0.25) is 0 Å². The van der Waals surface area contributed by atoms with Crippen LogP contribution in [0, 0.1) is 5.92 Å². The van der Waals surface area contributed by atoms with Gasteiger partial charge in [-0.25, -0.2) is 0 Å². The number of aliphatic hydroxyl groups is 1. The molecule has 0 amide bonds. The van der Waals surface area contributed by atoms with Crippen LogP contribution in [0.1, 0.15) is 39.0 Å². The Morgan fingerprint density at radius 2 is 2.29 bits per heavy atom. The van der Waals surface area contributed by atoms with E-state index in [0.717, 1.165) is 6.42 Å². The fraction of sp³-hybridized carbons (Fsp3) is 1.00. The zero-order valence-electron chi connectivity index (χ0n) is 9.17. The van der Waals surface area contributed by atoms with Crippen LogP contribution in [-0.4, -0.2) is 30.5 Å². The van der Waals surface area contributed by atoms with E-state index in [1.807, 2.05) is 0 Å². The standard InChI is InChI=1S/C11H23NO2/c1-10-5-2-3-6-11(10,9-12)14-8-4-7-13/h10,13H,2-9,12H2,1H3. The van der Waals surface area contributed by atoms with Crippen molar-refractivity contribution in [1.82, 2.24) is 0 Å². The molecule has 0 saturated heterocycles. The molecule has 1 aliphatic rings. The number of ether oxygens (including phenoxy) is 1. The van der Waals surface area contributed by atoms with E-state index in [1.54, 1.807) is 0 Å². The minimum Gasteiger partial charge on any atom is -0.396 e. The van der Waals surface area contributed by atoms with Crippen LogP contribution in [0.2, 0.25) is 0 Å². The molecule has 0 aromatic heterocycles. The van der Waals surface area contributed by atoms with E-state index in [4.69, 9.17) is 15.6 Å². The molecule has 1 fully saturated rings. The molecule has 0 spiro atoms. The maximum absolute atomic E-state index is 8.71. The number of hydrogen-bond donors (Lipinski definition) is 2. The lowest BCUT2D eigenvalue weighted by atomic mass is 9.76. The lowest BCUT2D eigenvalue weighted by Crippen LogP contribution is -2.48. The number of nitrogens with two attached hydrogens (primary N) is 1. The molecule has 2 atom stereocenters. The van der Waals surface area contributed by atoms with E-state index in [0.29, 0.717) is 25.5 Å². The Balaban J connectivity index is 2.45. The third-order valence-electron chi connectivity index (χ3n) is 3.42. The van der Waals surface area contributed by atoms with Crippen molar-refractivity contribution in [1.29, 1.82) is 0 Å². The van der Waals surface area contributed by atoms with Crippen LogP contribution in [-0.2, 0) is 4.74 Å². The summed E-state index contributed by atoms with van der Waals surface area (Å²) in [5.41, 5.74) is 5.72. The lowest BCUT2D eigenvalue weighted by Gasteiger charge is -2.41. The predicted molar refractivity (Wildman–Crippen MR) is 57.1 cm³/mol. The minimum atomic E-state index is -0.104. The quantitative estimate of drug-likeness (QED) is 0.659. The fourth-order valence-electron chi connectivity index (χ4n) is 2.30. The molecule has 0 aromatic rings. The molecule has 3 heteroatoms. The summed E-state index contributed by atoms with van der Waals surface area (Å²) in [4.78, 5) is 0. The SMILES string of the molecule is CC1CCCCC1(CN)OCCCO.